The number of ether oxygens (including phenoxy) is 1. The van der Waals surface area contributed by atoms with E-state index in [1.165, 1.54) is 0 Å². The molecule has 100 valence electrons. The van der Waals surface area contributed by atoms with Crippen molar-refractivity contribution in [3.63, 3.8) is 0 Å². The molecule has 0 amide bonds. The van der Waals surface area contributed by atoms with Crippen molar-refractivity contribution < 1.29 is 4.74 Å². The first-order chi connectivity index (χ1) is 9.20. The van der Waals surface area contributed by atoms with Gasteiger partial charge in [0.1, 0.15) is 5.75 Å². The van der Waals surface area contributed by atoms with Crippen LogP contribution in [0.3, 0.4) is 0 Å². The molecule has 0 saturated carbocycles. The predicted octanol–water partition coefficient (Wildman–Crippen LogP) is 3.45. The molecule has 1 heterocycles. The maximum absolute atomic E-state index is 7.51. The average molecular weight is 257 g/mol. The first-order valence-electron chi connectivity index (χ1n) is 6.51. The van der Waals surface area contributed by atoms with Crippen molar-refractivity contribution in [3.05, 3.63) is 36.0 Å². The number of rotatable bonds is 6. The summed E-state index contributed by atoms with van der Waals surface area (Å²) in [4.78, 5) is 0. The van der Waals surface area contributed by atoms with Crippen molar-refractivity contribution in [1.82, 2.24) is 10.2 Å². The second-order valence-electron chi connectivity index (χ2n) is 4.58. The lowest BCUT2D eigenvalue weighted by Crippen LogP contribution is -1.96. The molecule has 0 radical (unpaired) electrons. The summed E-state index contributed by atoms with van der Waals surface area (Å²) in [6.07, 6.45) is 1.58. The second-order valence-corrected chi connectivity index (χ2v) is 4.58. The summed E-state index contributed by atoms with van der Waals surface area (Å²) in [5, 5.41) is 14.8. The number of nitrogens with zero attached hydrogens (tertiary/aromatic N) is 1. The number of hydrogen-bond donors (Lipinski definition) is 2. The molecule has 4 heteroatoms. The topological polar surface area (TPSA) is 61.8 Å². The largest absolute Gasteiger partial charge is 0.493 e. The lowest BCUT2D eigenvalue weighted by molar-refractivity contribution is 0.318. The Morgan fingerprint density at radius 2 is 2.16 bits per heavy atom. The molecule has 4 nitrogen and oxygen atoms in total. The number of aromatic amines is 1. The van der Waals surface area contributed by atoms with Crippen LogP contribution in [0.25, 0.3) is 11.3 Å². The third-order valence-electron chi connectivity index (χ3n) is 2.71. The Bertz CT molecular complexity index is 560. The summed E-state index contributed by atoms with van der Waals surface area (Å²) in [5.41, 5.74) is 3.42. The lowest BCUT2D eigenvalue weighted by Gasteiger charge is -2.08. The van der Waals surface area contributed by atoms with Gasteiger partial charge in [0.2, 0.25) is 0 Å². The third-order valence-corrected chi connectivity index (χ3v) is 2.71. The van der Waals surface area contributed by atoms with Crippen LogP contribution in [0.4, 0.5) is 0 Å². The van der Waals surface area contributed by atoms with E-state index in [1.807, 2.05) is 30.3 Å². The Labute approximate surface area is 113 Å². The fraction of sp³-hybridized carbons (Fsp3) is 0.333. The molecule has 19 heavy (non-hydrogen) atoms. The highest BCUT2D eigenvalue weighted by Crippen LogP contribution is 2.28. The molecule has 0 aliphatic carbocycles. The van der Waals surface area contributed by atoms with E-state index in [9.17, 15) is 0 Å². The highest BCUT2D eigenvalue weighted by Gasteiger charge is 2.09. The average Bonchev–Trinajstić information content (AvgIpc) is 2.84. The molecule has 0 aliphatic heterocycles. The van der Waals surface area contributed by atoms with Crippen molar-refractivity contribution in [2.45, 2.75) is 26.7 Å². The molecule has 0 saturated heterocycles. The van der Waals surface area contributed by atoms with E-state index in [0.717, 1.165) is 29.1 Å². The molecule has 1 aromatic heterocycles. The van der Waals surface area contributed by atoms with Crippen LogP contribution in [0.1, 0.15) is 26.0 Å². The molecule has 2 rings (SSSR count). The number of nitrogens with one attached hydrogen (secondary N) is 2. The molecule has 2 N–H and O–H groups in total. The van der Waals surface area contributed by atoms with Gasteiger partial charge in [-0.05, 0) is 31.5 Å². The van der Waals surface area contributed by atoms with E-state index in [-0.39, 0.29) is 0 Å². The minimum absolute atomic E-state index is 0.602. The van der Waals surface area contributed by atoms with Gasteiger partial charge >= 0.3 is 0 Å². The van der Waals surface area contributed by atoms with Crippen molar-refractivity contribution >= 4 is 5.71 Å². The Balaban J connectivity index is 2.25. The van der Waals surface area contributed by atoms with E-state index >= 15 is 0 Å². The summed E-state index contributed by atoms with van der Waals surface area (Å²) in [5.74, 6) is 0.856. The van der Waals surface area contributed by atoms with E-state index < -0.39 is 0 Å². The zero-order valence-corrected chi connectivity index (χ0v) is 11.4. The molecular weight excluding hydrogens is 238 g/mol. The van der Waals surface area contributed by atoms with Gasteiger partial charge in [-0.15, -0.1) is 0 Å². The number of aromatic nitrogens is 2. The monoisotopic (exact) mass is 257 g/mol. The van der Waals surface area contributed by atoms with Crippen LogP contribution in [-0.4, -0.2) is 22.5 Å². The third kappa shape index (κ3) is 3.44. The maximum atomic E-state index is 7.51. The van der Waals surface area contributed by atoms with Gasteiger partial charge < -0.3 is 10.1 Å². The summed E-state index contributed by atoms with van der Waals surface area (Å²) >= 11 is 0. The molecule has 0 atom stereocenters. The van der Waals surface area contributed by atoms with Gasteiger partial charge in [0.05, 0.1) is 12.3 Å². The van der Waals surface area contributed by atoms with E-state index in [2.05, 4.69) is 17.1 Å². The maximum Gasteiger partial charge on any atom is 0.128 e. The predicted molar refractivity (Wildman–Crippen MR) is 76.9 cm³/mol. The quantitative estimate of drug-likeness (QED) is 0.778. The fourth-order valence-electron chi connectivity index (χ4n) is 1.89. The zero-order valence-electron chi connectivity index (χ0n) is 11.4. The van der Waals surface area contributed by atoms with E-state index in [0.29, 0.717) is 18.7 Å². The van der Waals surface area contributed by atoms with Gasteiger partial charge in [0.15, 0.2) is 0 Å². The standard InChI is InChI=1S/C15H19N3O/c1-3-8-19-15-7-5-4-6-13(15)14-10-12(17-18-14)9-11(2)16/h4-7,10,16H,3,8-9H2,1-2H3,(H,17,18). The molecule has 1 aromatic carbocycles. The first-order valence-corrected chi connectivity index (χ1v) is 6.51. The lowest BCUT2D eigenvalue weighted by atomic mass is 10.1. The summed E-state index contributed by atoms with van der Waals surface area (Å²) in [7, 11) is 0. The van der Waals surface area contributed by atoms with Crippen molar-refractivity contribution in [1.29, 1.82) is 5.41 Å². The van der Waals surface area contributed by atoms with Crippen molar-refractivity contribution in [3.8, 4) is 17.0 Å². The van der Waals surface area contributed by atoms with Gasteiger partial charge in [0, 0.05) is 23.4 Å². The minimum Gasteiger partial charge on any atom is -0.493 e. The summed E-state index contributed by atoms with van der Waals surface area (Å²) < 4.78 is 5.73. The minimum atomic E-state index is 0.602. The van der Waals surface area contributed by atoms with Crippen LogP contribution in [0.15, 0.2) is 30.3 Å². The van der Waals surface area contributed by atoms with Crippen LogP contribution in [-0.2, 0) is 6.42 Å². The molecule has 0 bridgehead atoms. The molecule has 2 aromatic rings. The Morgan fingerprint density at radius 1 is 1.37 bits per heavy atom. The van der Waals surface area contributed by atoms with Gasteiger partial charge in [-0.3, -0.25) is 5.10 Å². The van der Waals surface area contributed by atoms with Gasteiger partial charge in [-0.25, -0.2) is 0 Å². The fourth-order valence-corrected chi connectivity index (χ4v) is 1.89. The zero-order chi connectivity index (χ0) is 13.7. The van der Waals surface area contributed by atoms with E-state index in [4.69, 9.17) is 10.1 Å². The van der Waals surface area contributed by atoms with Gasteiger partial charge in [-0.1, -0.05) is 19.1 Å². The van der Waals surface area contributed by atoms with Crippen molar-refractivity contribution in [2.24, 2.45) is 0 Å². The Kier molecular flexibility index (Phi) is 4.34. The van der Waals surface area contributed by atoms with Crippen LogP contribution in [0.2, 0.25) is 0 Å². The second kappa shape index (κ2) is 6.18. The van der Waals surface area contributed by atoms with Gasteiger partial charge in [-0.2, -0.15) is 5.10 Å². The molecule has 0 aliphatic rings. The van der Waals surface area contributed by atoms with E-state index in [1.54, 1.807) is 6.92 Å². The molecule has 0 fully saturated rings. The SMILES string of the molecule is CCCOc1ccccc1-c1cc(CC(C)=N)[nH]n1. The van der Waals surface area contributed by atoms with Crippen LogP contribution in [0, 0.1) is 5.41 Å². The summed E-state index contributed by atoms with van der Waals surface area (Å²) in [6.45, 7) is 4.58. The van der Waals surface area contributed by atoms with Crippen LogP contribution < -0.4 is 4.74 Å². The summed E-state index contributed by atoms with van der Waals surface area (Å²) in [6, 6.07) is 9.88. The highest BCUT2D eigenvalue weighted by molar-refractivity contribution is 5.81. The molecule has 0 spiro atoms. The number of H-pyrrole nitrogens is 1. The molecular formula is C15H19N3O. The Morgan fingerprint density at radius 3 is 2.89 bits per heavy atom. The van der Waals surface area contributed by atoms with Crippen LogP contribution in [0.5, 0.6) is 5.75 Å². The Hall–Kier alpha value is -2.10. The van der Waals surface area contributed by atoms with Gasteiger partial charge in [0.25, 0.3) is 0 Å². The number of para-hydroxylation sites is 1. The highest BCUT2D eigenvalue weighted by atomic mass is 16.5. The van der Waals surface area contributed by atoms with Crippen LogP contribution >= 0.6 is 0 Å². The number of benzene rings is 1. The smallest absolute Gasteiger partial charge is 0.128 e. The normalized spacial score (nSPS) is 10.4. The number of hydrogen-bond acceptors (Lipinski definition) is 3. The van der Waals surface area contributed by atoms with Crippen molar-refractivity contribution in [2.75, 3.05) is 6.61 Å². The molecule has 0 unspecified atom stereocenters. The first kappa shape index (κ1) is 13.3.